The highest BCUT2D eigenvalue weighted by molar-refractivity contribution is 5.73. The molecule has 1 aliphatic heterocycles. The van der Waals surface area contributed by atoms with Gasteiger partial charge in [-0.25, -0.2) is 0 Å². The highest BCUT2D eigenvalue weighted by atomic mass is 16.5. The average Bonchev–Trinajstić information content (AvgIpc) is 2.65. The average molecular weight is 414 g/mol. The molecule has 30 heavy (non-hydrogen) atoms. The van der Waals surface area contributed by atoms with Gasteiger partial charge < -0.3 is 15.2 Å². The molecule has 1 aromatic rings. The zero-order valence-electron chi connectivity index (χ0n) is 19.6. The summed E-state index contributed by atoms with van der Waals surface area (Å²) in [7, 11) is 0. The Balaban J connectivity index is 1.95. The van der Waals surface area contributed by atoms with Crippen molar-refractivity contribution in [1.82, 2.24) is 5.32 Å². The summed E-state index contributed by atoms with van der Waals surface area (Å²) in [6.07, 6.45) is 7.55. The predicted octanol–water partition coefficient (Wildman–Crippen LogP) is 6.33. The van der Waals surface area contributed by atoms with E-state index >= 15 is 0 Å². The Morgan fingerprint density at radius 3 is 2.60 bits per heavy atom. The van der Waals surface area contributed by atoms with Gasteiger partial charge in [-0.3, -0.25) is 4.79 Å². The maximum absolute atomic E-state index is 11.6. The Labute approximate surface area is 182 Å². The molecule has 1 saturated carbocycles. The number of hydrogen-bond donors (Lipinski definition) is 2. The zero-order chi connectivity index (χ0) is 22.1. The second-order valence-corrected chi connectivity index (χ2v) is 9.90. The molecule has 1 aliphatic carbocycles. The van der Waals surface area contributed by atoms with Gasteiger partial charge in [0.05, 0.1) is 0 Å². The van der Waals surface area contributed by atoms with Crippen molar-refractivity contribution in [3.8, 4) is 11.5 Å². The summed E-state index contributed by atoms with van der Waals surface area (Å²) in [6.45, 7) is 12.5. The van der Waals surface area contributed by atoms with Crippen LogP contribution in [0, 0.1) is 5.92 Å². The fourth-order valence-corrected chi connectivity index (χ4v) is 5.46. The van der Waals surface area contributed by atoms with Crippen LogP contribution in [0.1, 0.15) is 104 Å². The number of nitrogens with one attached hydrogen (secondary N) is 1. The third-order valence-electron chi connectivity index (χ3n) is 7.24. The molecule has 1 fully saturated rings. The van der Waals surface area contributed by atoms with Crippen LogP contribution in [0.15, 0.2) is 17.7 Å². The van der Waals surface area contributed by atoms with Gasteiger partial charge in [0.2, 0.25) is 5.91 Å². The van der Waals surface area contributed by atoms with Gasteiger partial charge >= 0.3 is 0 Å². The second kappa shape index (κ2) is 9.03. The quantitative estimate of drug-likeness (QED) is 0.536. The van der Waals surface area contributed by atoms with Gasteiger partial charge in [0.15, 0.2) is 0 Å². The van der Waals surface area contributed by atoms with E-state index in [-0.39, 0.29) is 23.5 Å². The minimum atomic E-state index is -0.294. The lowest BCUT2D eigenvalue weighted by atomic mass is 9.65. The number of fused-ring (bicyclic) bond motifs is 3. The van der Waals surface area contributed by atoms with Gasteiger partial charge in [0.1, 0.15) is 17.1 Å². The van der Waals surface area contributed by atoms with E-state index < -0.39 is 0 Å². The summed E-state index contributed by atoms with van der Waals surface area (Å²) < 4.78 is 6.49. The van der Waals surface area contributed by atoms with Crippen LogP contribution >= 0.6 is 0 Å². The first-order chi connectivity index (χ1) is 14.1. The van der Waals surface area contributed by atoms with Crippen LogP contribution in [-0.2, 0) is 4.79 Å². The molecule has 0 radical (unpaired) electrons. The van der Waals surface area contributed by atoms with Crippen molar-refractivity contribution in [2.75, 3.05) is 0 Å². The van der Waals surface area contributed by atoms with Crippen LogP contribution in [0.4, 0.5) is 0 Å². The van der Waals surface area contributed by atoms with E-state index in [2.05, 4.69) is 46.0 Å². The zero-order valence-corrected chi connectivity index (χ0v) is 19.6. The fourth-order valence-electron chi connectivity index (χ4n) is 5.46. The van der Waals surface area contributed by atoms with Crippen molar-refractivity contribution in [2.45, 2.75) is 104 Å². The number of phenolic OH excluding ortho intramolecular Hbond substituents is 1. The maximum atomic E-state index is 11.6. The Kier molecular flexibility index (Phi) is 6.84. The smallest absolute Gasteiger partial charge is 0.217 e. The molecule has 0 saturated heterocycles. The summed E-state index contributed by atoms with van der Waals surface area (Å²) in [5.41, 5.74) is 4.28. The molecule has 1 amide bonds. The molecule has 3 atom stereocenters. The SMILES string of the molecule is CCCCCC(C)=C(C)c1cc(O)c2c(c1)OC(C)(C)[C@@H]1CC[C@@H](NC(C)=O)C[C@@H]21. The minimum Gasteiger partial charge on any atom is -0.507 e. The highest BCUT2D eigenvalue weighted by Crippen LogP contribution is 2.54. The third kappa shape index (κ3) is 4.68. The number of carbonyl (C=O) groups excluding carboxylic acids is 1. The van der Waals surface area contributed by atoms with Gasteiger partial charge in [-0.15, -0.1) is 0 Å². The lowest BCUT2D eigenvalue weighted by Gasteiger charge is -2.49. The van der Waals surface area contributed by atoms with E-state index in [1.54, 1.807) is 6.92 Å². The molecule has 2 N–H and O–H groups in total. The number of amides is 1. The molecule has 0 spiro atoms. The molecule has 3 rings (SSSR count). The Morgan fingerprint density at radius 2 is 1.93 bits per heavy atom. The van der Waals surface area contributed by atoms with Gasteiger partial charge in [-0.2, -0.15) is 0 Å². The number of allylic oxidation sites excluding steroid dienone is 2. The van der Waals surface area contributed by atoms with Crippen molar-refractivity contribution in [1.29, 1.82) is 0 Å². The van der Waals surface area contributed by atoms with Crippen LogP contribution in [0.2, 0.25) is 0 Å². The second-order valence-electron chi connectivity index (χ2n) is 9.90. The van der Waals surface area contributed by atoms with E-state index in [0.717, 1.165) is 42.6 Å². The predicted molar refractivity (Wildman–Crippen MR) is 123 cm³/mol. The van der Waals surface area contributed by atoms with Gasteiger partial charge in [-0.1, -0.05) is 25.3 Å². The molecule has 4 nitrogen and oxygen atoms in total. The molecule has 2 aliphatic rings. The van der Waals surface area contributed by atoms with E-state index in [4.69, 9.17) is 4.74 Å². The fraction of sp³-hybridized carbons (Fsp3) is 0.654. The Bertz CT molecular complexity index is 824. The first kappa shape index (κ1) is 22.7. The topological polar surface area (TPSA) is 58.6 Å². The van der Waals surface area contributed by atoms with Crippen LogP contribution in [0.5, 0.6) is 11.5 Å². The van der Waals surface area contributed by atoms with Crippen LogP contribution < -0.4 is 10.1 Å². The summed E-state index contributed by atoms with van der Waals surface area (Å²) in [6, 6.07) is 4.19. The molecule has 1 aromatic carbocycles. The van der Waals surface area contributed by atoms with Crippen molar-refractivity contribution < 1.29 is 14.6 Å². The molecule has 0 aromatic heterocycles. The van der Waals surface area contributed by atoms with E-state index in [1.165, 1.54) is 30.4 Å². The van der Waals surface area contributed by atoms with E-state index in [0.29, 0.717) is 11.7 Å². The summed E-state index contributed by atoms with van der Waals surface area (Å²) in [5.74, 6) is 1.68. The van der Waals surface area contributed by atoms with Gasteiger partial charge in [-0.05, 0) is 89.0 Å². The third-order valence-corrected chi connectivity index (χ3v) is 7.24. The van der Waals surface area contributed by atoms with E-state index in [1.807, 2.05) is 6.07 Å². The largest absolute Gasteiger partial charge is 0.507 e. The molecular formula is C26H39NO3. The number of hydrogen-bond acceptors (Lipinski definition) is 3. The summed E-state index contributed by atoms with van der Waals surface area (Å²) in [5, 5.41) is 14.2. The number of phenols is 1. The maximum Gasteiger partial charge on any atom is 0.217 e. The van der Waals surface area contributed by atoms with Gasteiger partial charge in [0, 0.05) is 24.4 Å². The number of benzene rings is 1. The summed E-state index contributed by atoms with van der Waals surface area (Å²) >= 11 is 0. The molecule has 1 heterocycles. The van der Waals surface area contributed by atoms with E-state index in [9.17, 15) is 9.90 Å². The minimum absolute atomic E-state index is 0.0175. The normalized spacial score (nSPS) is 25.5. The summed E-state index contributed by atoms with van der Waals surface area (Å²) in [4.78, 5) is 11.6. The van der Waals surface area contributed by atoms with Gasteiger partial charge in [0.25, 0.3) is 0 Å². The first-order valence-electron chi connectivity index (χ1n) is 11.6. The van der Waals surface area contributed by atoms with Crippen LogP contribution in [0.3, 0.4) is 0 Å². The number of carbonyl (C=O) groups is 1. The molecule has 4 heteroatoms. The molecule has 0 bridgehead atoms. The van der Waals surface area contributed by atoms with Crippen LogP contribution in [0.25, 0.3) is 5.57 Å². The Hall–Kier alpha value is -1.97. The number of ether oxygens (including phenoxy) is 1. The highest BCUT2D eigenvalue weighted by Gasteiger charge is 2.47. The van der Waals surface area contributed by atoms with Crippen molar-refractivity contribution in [2.24, 2.45) is 5.92 Å². The Morgan fingerprint density at radius 1 is 1.20 bits per heavy atom. The molecular weight excluding hydrogens is 374 g/mol. The first-order valence-corrected chi connectivity index (χ1v) is 11.6. The number of aromatic hydroxyl groups is 1. The standard InChI is InChI=1S/C26H39NO3/c1-7-8-9-10-16(2)17(3)19-13-23(29)25-21-15-20(27-18(4)28)11-12-22(21)26(5,6)30-24(25)14-19/h13-14,20-22,29H,7-12,15H2,1-6H3,(H,27,28)/t20-,21-,22-/m1/s1. The monoisotopic (exact) mass is 413 g/mol. The van der Waals surface area contributed by atoms with Crippen molar-refractivity contribution in [3.63, 3.8) is 0 Å². The lowest BCUT2D eigenvalue weighted by Crippen LogP contribution is -2.50. The van der Waals surface area contributed by atoms with Crippen molar-refractivity contribution >= 4 is 11.5 Å². The van der Waals surface area contributed by atoms with Crippen molar-refractivity contribution in [3.05, 3.63) is 28.8 Å². The number of rotatable bonds is 6. The lowest BCUT2D eigenvalue weighted by molar-refractivity contribution is -0.120. The van der Waals surface area contributed by atoms with Crippen LogP contribution in [-0.4, -0.2) is 22.7 Å². The molecule has 166 valence electrons. The number of unbranched alkanes of at least 4 members (excludes halogenated alkanes) is 2. The molecule has 0 unspecified atom stereocenters.